The van der Waals surface area contributed by atoms with E-state index in [1.165, 1.54) is 16.9 Å². The van der Waals surface area contributed by atoms with E-state index in [4.69, 9.17) is 0 Å². The quantitative estimate of drug-likeness (QED) is 0.677. The Kier molecular flexibility index (Phi) is 5.80. The van der Waals surface area contributed by atoms with E-state index in [2.05, 4.69) is 12.2 Å². The molecule has 0 radical (unpaired) electrons. The van der Waals surface area contributed by atoms with Gasteiger partial charge in [0.15, 0.2) is 0 Å². The Morgan fingerprint density at radius 2 is 1.61 bits per heavy atom. The number of nitrogens with one attached hydrogen (secondary N) is 1. The number of hydrogen-bond donors (Lipinski definition) is 1. The fraction of sp³-hybridized carbons (Fsp3) is 0.136. The van der Waals surface area contributed by atoms with Crippen LogP contribution in [0.3, 0.4) is 0 Å². The highest BCUT2D eigenvalue weighted by molar-refractivity contribution is 7.92. The largest absolute Gasteiger partial charge is 0.322 e. The van der Waals surface area contributed by atoms with Crippen molar-refractivity contribution in [2.45, 2.75) is 18.2 Å². The lowest BCUT2D eigenvalue weighted by Crippen LogP contribution is -2.26. The first-order valence-corrected chi connectivity index (χ1v) is 10.4. The molecule has 1 amide bonds. The topological polar surface area (TPSA) is 66.5 Å². The van der Waals surface area contributed by atoms with Crippen molar-refractivity contribution >= 4 is 27.3 Å². The molecule has 0 bridgehead atoms. The molecule has 0 aliphatic heterocycles. The number of benzene rings is 3. The number of nitrogens with zero attached hydrogens (tertiary/aromatic N) is 1. The summed E-state index contributed by atoms with van der Waals surface area (Å²) in [5, 5.41) is 2.84. The number of carbonyl (C=O) groups is 1. The molecular weight excluding hydrogens is 372 g/mol. The summed E-state index contributed by atoms with van der Waals surface area (Å²) in [6.07, 6.45) is 0.929. The van der Waals surface area contributed by atoms with E-state index < -0.39 is 10.0 Å². The molecule has 144 valence electrons. The van der Waals surface area contributed by atoms with Crippen LogP contribution in [0.5, 0.6) is 0 Å². The highest BCUT2D eigenvalue weighted by Gasteiger charge is 2.21. The van der Waals surface area contributed by atoms with Gasteiger partial charge in [-0.15, -0.1) is 0 Å². The van der Waals surface area contributed by atoms with Gasteiger partial charge in [-0.25, -0.2) is 8.42 Å². The van der Waals surface area contributed by atoms with Crippen LogP contribution in [0.4, 0.5) is 11.4 Å². The van der Waals surface area contributed by atoms with E-state index in [-0.39, 0.29) is 10.8 Å². The summed E-state index contributed by atoms with van der Waals surface area (Å²) in [5.74, 6) is -0.295. The number of anilines is 2. The van der Waals surface area contributed by atoms with Crippen LogP contribution in [0, 0.1) is 0 Å². The molecule has 0 aromatic heterocycles. The van der Waals surface area contributed by atoms with E-state index in [0.717, 1.165) is 6.42 Å². The van der Waals surface area contributed by atoms with Crippen LogP contribution in [0.2, 0.25) is 0 Å². The maximum Gasteiger partial charge on any atom is 0.264 e. The first kappa shape index (κ1) is 19.6. The molecule has 6 heteroatoms. The molecule has 0 saturated heterocycles. The molecule has 0 heterocycles. The summed E-state index contributed by atoms with van der Waals surface area (Å²) in [5.41, 5.74) is 2.68. The summed E-state index contributed by atoms with van der Waals surface area (Å²) >= 11 is 0. The summed E-state index contributed by atoms with van der Waals surface area (Å²) in [6, 6.07) is 22.4. The molecule has 0 aliphatic rings. The fourth-order valence-corrected chi connectivity index (χ4v) is 3.97. The molecule has 0 fully saturated rings. The van der Waals surface area contributed by atoms with Crippen LogP contribution < -0.4 is 9.62 Å². The molecule has 0 aliphatic carbocycles. The van der Waals surface area contributed by atoms with Crippen LogP contribution >= 0.6 is 0 Å². The molecule has 0 unspecified atom stereocenters. The highest BCUT2D eigenvalue weighted by Crippen LogP contribution is 2.23. The van der Waals surface area contributed by atoms with Gasteiger partial charge in [0.1, 0.15) is 0 Å². The van der Waals surface area contributed by atoms with Crippen molar-refractivity contribution in [3.63, 3.8) is 0 Å². The van der Waals surface area contributed by atoms with Gasteiger partial charge in [0, 0.05) is 18.3 Å². The smallest absolute Gasteiger partial charge is 0.264 e. The zero-order valence-corrected chi connectivity index (χ0v) is 16.6. The molecule has 1 N–H and O–H groups in total. The molecule has 3 aromatic carbocycles. The van der Waals surface area contributed by atoms with Gasteiger partial charge in [-0.1, -0.05) is 43.3 Å². The zero-order chi connectivity index (χ0) is 20.1. The third kappa shape index (κ3) is 4.23. The van der Waals surface area contributed by atoms with Gasteiger partial charge in [0.2, 0.25) is 0 Å². The molecule has 0 atom stereocenters. The van der Waals surface area contributed by atoms with E-state index in [1.54, 1.807) is 54.6 Å². The van der Waals surface area contributed by atoms with Gasteiger partial charge < -0.3 is 5.32 Å². The Bertz CT molecular complexity index is 1060. The second-order valence-electron chi connectivity index (χ2n) is 6.34. The first-order chi connectivity index (χ1) is 13.4. The maximum absolute atomic E-state index is 12.8. The van der Waals surface area contributed by atoms with Crippen molar-refractivity contribution in [2.75, 3.05) is 16.7 Å². The summed E-state index contributed by atoms with van der Waals surface area (Å²) in [7, 11) is -2.22. The summed E-state index contributed by atoms with van der Waals surface area (Å²) in [6.45, 7) is 2.07. The summed E-state index contributed by atoms with van der Waals surface area (Å²) < 4.78 is 26.8. The number of hydrogen-bond acceptors (Lipinski definition) is 3. The minimum atomic E-state index is -3.70. The van der Waals surface area contributed by atoms with Crippen molar-refractivity contribution < 1.29 is 13.2 Å². The van der Waals surface area contributed by atoms with E-state index >= 15 is 0 Å². The number of amides is 1. The Morgan fingerprint density at radius 1 is 0.929 bits per heavy atom. The second kappa shape index (κ2) is 8.27. The molecule has 5 nitrogen and oxygen atoms in total. The third-order valence-electron chi connectivity index (χ3n) is 4.49. The molecule has 3 aromatic rings. The van der Waals surface area contributed by atoms with Gasteiger partial charge in [0.05, 0.1) is 10.6 Å². The first-order valence-electron chi connectivity index (χ1n) is 8.96. The Morgan fingerprint density at radius 3 is 2.25 bits per heavy atom. The lowest BCUT2D eigenvalue weighted by atomic mass is 10.1. The van der Waals surface area contributed by atoms with Crippen molar-refractivity contribution in [2.24, 2.45) is 0 Å². The lowest BCUT2D eigenvalue weighted by Gasteiger charge is -2.20. The lowest BCUT2D eigenvalue weighted by molar-refractivity contribution is 0.102. The van der Waals surface area contributed by atoms with Gasteiger partial charge >= 0.3 is 0 Å². The predicted molar refractivity (Wildman–Crippen MR) is 112 cm³/mol. The third-order valence-corrected chi connectivity index (χ3v) is 6.29. The SMILES string of the molecule is CCc1ccc(NC(=O)c2cccc(N(C)S(=O)(=O)c3ccccc3)c2)cc1. The number of rotatable bonds is 6. The van der Waals surface area contributed by atoms with Gasteiger partial charge in [-0.05, 0) is 54.4 Å². The van der Waals surface area contributed by atoms with Crippen LogP contribution in [-0.2, 0) is 16.4 Å². The zero-order valence-electron chi connectivity index (χ0n) is 15.8. The molecular formula is C22H22N2O3S. The van der Waals surface area contributed by atoms with Crippen LogP contribution in [-0.4, -0.2) is 21.4 Å². The monoisotopic (exact) mass is 394 g/mol. The van der Waals surface area contributed by atoms with Crippen LogP contribution in [0.1, 0.15) is 22.8 Å². The number of aryl methyl sites for hydroxylation is 1. The van der Waals surface area contributed by atoms with Crippen molar-refractivity contribution in [1.82, 2.24) is 0 Å². The average Bonchev–Trinajstić information content (AvgIpc) is 2.74. The normalized spacial score (nSPS) is 11.1. The second-order valence-corrected chi connectivity index (χ2v) is 8.31. The van der Waals surface area contributed by atoms with Gasteiger partial charge in [0.25, 0.3) is 15.9 Å². The Labute approximate surface area is 165 Å². The Balaban J connectivity index is 1.82. The van der Waals surface area contributed by atoms with E-state index in [1.807, 2.05) is 24.3 Å². The molecule has 28 heavy (non-hydrogen) atoms. The molecule has 0 spiro atoms. The number of carbonyl (C=O) groups excluding carboxylic acids is 1. The van der Waals surface area contributed by atoms with Crippen LogP contribution in [0.15, 0.2) is 83.8 Å². The van der Waals surface area contributed by atoms with Gasteiger partial charge in [-0.2, -0.15) is 0 Å². The predicted octanol–water partition coefficient (Wildman–Crippen LogP) is 4.33. The van der Waals surface area contributed by atoms with Crippen molar-refractivity contribution in [3.05, 3.63) is 90.0 Å². The van der Waals surface area contributed by atoms with E-state index in [9.17, 15) is 13.2 Å². The fourth-order valence-electron chi connectivity index (χ4n) is 2.76. The van der Waals surface area contributed by atoms with Crippen LogP contribution in [0.25, 0.3) is 0 Å². The molecule has 3 rings (SSSR count). The minimum Gasteiger partial charge on any atom is -0.322 e. The molecule has 0 saturated carbocycles. The van der Waals surface area contributed by atoms with Gasteiger partial charge in [-0.3, -0.25) is 9.10 Å². The highest BCUT2D eigenvalue weighted by atomic mass is 32.2. The van der Waals surface area contributed by atoms with Crippen molar-refractivity contribution in [3.8, 4) is 0 Å². The van der Waals surface area contributed by atoms with Crippen molar-refractivity contribution in [1.29, 1.82) is 0 Å². The maximum atomic E-state index is 12.8. The average molecular weight is 394 g/mol. The Hall–Kier alpha value is -3.12. The minimum absolute atomic E-state index is 0.198. The number of sulfonamides is 1. The van der Waals surface area contributed by atoms with E-state index in [0.29, 0.717) is 16.9 Å². The summed E-state index contributed by atoms with van der Waals surface area (Å²) in [4.78, 5) is 12.8. The standard InChI is InChI=1S/C22H22N2O3S/c1-3-17-12-14-19(15-13-17)23-22(25)18-8-7-9-20(16-18)24(2)28(26,27)21-10-5-4-6-11-21/h4-16H,3H2,1-2H3,(H,23,25).